The number of carbonyl (C=O) groups excluding carboxylic acids is 2. The van der Waals surface area contributed by atoms with Gasteiger partial charge < -0.3 is 37.9 Å². The maximum atomic E-state index is 13.1. The minimum Gasteiger partial charge on any atom is -0.494 e. The van der Waals surface area contributed by atoms with Crippen molar-refractivity contribution in [3.8, 4) is 45.6 Å². The van der Waals surface area contributed by atoms with Gasteiger partial charge >= 0.3 is 11.9 Å². The molecule has 8 aliphatic rings. The Labute approximate surface area is 730 Å². The Balaban J connectivity index is 0.419. The van der Waals surface area contributed by atoms with Crippen molar-refractivity contribution in [3.63, 3.8) is 0 Å². The van der Waals surface area contributed by atoms with Gasteiger partial charge in [-0.15, -0.1) is 0 Å². The van der Waals surface area contributed by atoms with E-state index in [-0.39, 0.29) is 35.0 Å². The first kappa shape index (κ1) is 93.3. The van der Waals surface area contributed by atoms with Gasteiger partial charge in [0.25, 0.3) is 0 Å². The van der Waals surface area contributed by atoms with Gasteiger partial charge in [-0.3, -0.25) is 9.59 Å². The lowest BCUT2D eigenvalue weighted by Crippen LogP contribution is -2.51. The quantitative estimate of drug-likeness (QED) is 0.0241. The van der Waals surface area contributed by atoms with Crippen LogP contribution in [0.25, 0.3) is 11.1 Å². The molecular formula is C110H166O10. The number of hydrogen-bond donors (Lipinski definition) is 0. The number of carbonyl (C=O) groups is 2. The molecule has 8 aliphatic carbocycles. The van der Waals surface area contributed by atoms with Crippen LogP contribution in [0.15, 0.2) is 120 Å². The Kier molecular flexibility index (Phi) is 36.4. The molecule has 2 unspecified atom stereocenters. The van der Waals surface area contributed by atoms with Crippen molar-refractivity contribution >= 4 is 11.9 Å². The summed E-state index contributed by atoms with van der Waals surface area (Å²) in [4.78, 5) is 26.3. The van der Waals surface area contributed by atoms with Crippen LogP contribution >= 0.6 is 0 Å². The molecule has 0 heterocycles. The first-order chi connectivity index (χ1) is 58.3. The van der Waals surface area contributed by atoms with E-state index in [1.807, 2.05) is 48.5 Å². The summed E-state index contributed by atoms with van der Waals surface area (Å²) in [5.41, 5.74) is 7.17. The van der Waals surface area contributed by atoms with Crippen LogP contribution in [-0.2, 0) is 19.1 Å². The summed E-state index contributed by atoms with van der Waals surface area (Å²) in [6, 6.07) is 33.0. The summed E-state index contributed by atoms with van der Waals surface area (Å²) < 4.78 is 49.6. The molecule has 6 saturated carbocycles. The smallest absolute Gasteiger partial charge is 0.306 e. The third-order valence-corrected chi connectivity index (χ3v) is 32.6. The van der Waals surface area contributed by atoms with Crippen LogP contribution in [-0.4, -0.2) is 63.8 Å². The van der Waals surface area contributed by atoms with Crippen LogP contribution in [0.3, 0.4) is 0 Å². The molecular weight excluding hydrogens is 1480 g/mol. The van der Waals surface area contributed by atoms with Crippen LogP contribution in [0.5, 0.6) is 34.5 Å². The summed E-state index contributed by atoms with van der Waals surface area (Å²) in [6.45, 7) is 29.4. The summed E-state index contributed by atoms with van der Waals surface area (Å²) in [7, 11) is 0. The van der Waals surface area contributed by atoms with Gasteiger partial charge in [0, 0.05) is 25.7 Å². The molecule has 10 nitrogen and oxygen atoms in total. The summed E-state index contributed by atoms with van der Waals surface area (Å²) >= 11 is 0. The fraction of sp³-hybridized carbons (Fsp3) is 0.727. The molecule has 0 spiro atoms. The van der Waals surface area contributed by atoms with Gasteiger partial charge in [0.1, 0.15) is 23.7 Å². The molecule has 0 bridgehead atoms. The SMILES string of the molecule is CC(C)CCC[C@@H](C)[C@H]1CC[C@H]2[C@@H]3CC=C4CC(OC(=O)CCCCCCCCCOc5ccccc5OCCCCCCOc5ccc(-c6ccc(OCCCCCCOc7ccccc7OCCCCCCCCCC(=O)OC7CC[C@@]8(C)C(=CC[C@H]9[C@@H]%10CC[C@H]([C@H](C)CCCC(C)C)[C@@]%10(C)CC[C@@H]98)C7)cc6)cc5)CC[C@]4(C)[C@H]3CC[C@]12C. The topological polar surface area (TPSA) is 108 Å². The number of unbranched alkanes of at least 4 members (excludes halogenated alkanes) is 18. The van der Waals surface area contributed by atoms with Gasteiger partial charge in [-0.05, 0) is 319 Å². The summed E-state index contributed by atoms with van der Waals surface area (Å²) in [5, 5.41) is 0. The lowest BCUT2D eigenvalue weighted by atomic mass is 9.47. The predicted molar refractivity (Wildman–Crippen MR) is 494 cm³/mol. The summed E-state index contributed by atoms with van der Waals surface area (Å²) in [5.74, 6) is 15.3. The second kappa shape index (κ2) is 46.9. The monoisotopic (exact) mass is 1650 g/mol. The van der Waals surface area contributed by atoms with Crippen LogP contribution in [0.4, 0.5) is 0 Å². The average molecular weight is 1650 g/mol. The molecule has 0 aromatic heterocycles. The molecule has 6 fully saturated rings. The Hall–Kier alpha value is -5.90. The Morgan fingerprint density at radius 1 is 0.333 bits per heavy atom. The van der Waals surface area contributed by atoms with E-state index >= 15 is 0 Å². The van der Waals surface area contributed by atoms with E-state index in [0.29, 0.717) is 63.3 Å². The zero-order valence-electron chi connectivity index (χ0n) is 77.3. The first-order valence-electron chi connectivity index (χ1n) is 50.2. The third kappa shape index (κ3) is 25.7. The molecule has 120 heavy (non-hydrogen) atoms. The number of benzene rings is 4. The van der Waals surface area contributed by atoms with Crippen molar-refractivity contribution < 1.29 is 47.5 Å². The maximum absolute atomic E-state index is 13.1. The number of fused-ring (bicyclic) bond motifs is 10. The maximum Gasteiger partial charge on any atom is 0.306 e. The molecule has 10 heteroatoms. The molecule has 12 rings (SSSR count). The Morgan fingerprint density at radius 2 is 0.650 bits per heavy atom. The fourth-order valence-electron chi connectivity index (χ4n) is 25.6. The predicted octanol–water partition coefficient (Wildman–Crippen LogP) is 30.3. The number of rotatable bonds is 53. The largest absolute Gasteiger partial charge is 0.494 e. The first-order valence-corrected chi connectivity index (χ1v) is 50.2. The van der Waals surface area contributed by atoms with Crippen LogP contribution < -0.4 is 28.4 Å². The van der Waals surface area contributed by atoms with Crippen molar-refractivity contribution in [1.29, 1.82) is 0 Å². The summed E-state index contributed by atoms with van der Waals surface area (Å²) in [6.07, 6.45) is 58.9. The van der Waals surface area contributed by atoms with E-state index in [0.717, 1.165) is 258 Å². The number of hydrogen-bond acceptors (Lipinski definition) is 10. The van der Waals surface area contributed by atoms with Crippen molar-refractivity contribution in [2.45, 2.75) is 377 Å². The van der Waals surface area contributed by atoms with Gasteiger partial charge in [-0.25, -0.2) is 0 Å². The van der Waals surface area contributed by atoms with E-state index < -0.39 is 0 Å². The lowest BCUT2D eigenvalue weighted by molar-refractivity contribution is -0.152. The molecule has 4 aromatic carbocycles. The second-order valence-corrected chi connectivity index (χ2v) is 41.6. The molecule has 0 saturated heterocycles. The Bertz CT molecular complexity index is 3500. The number of allylic oxidation sites excluding steroid dienone is 2. The van der Waals surface area contributed by atoms with Crippen molar-refractivity contribution in [3.05, 3.63) is 120 Å². The number of ether oxygens (including phenoxy) is 8. The lowest BCUT2D eigenvalue weighted by Gasteiger charge is -2.58. The molecule has 0 aliphatic heterocycles. The van der Waals surface area contributed by atoms with Crippen LogP contribution in [0.2, 0.25) is 0 Å². The number of esters is 2. The van der Waals surface area contributed by atoms with E-state index in [2.05, 4.69) is 130 Å². The Morgan fingerprint density at radius 3 is 0.983 bits per heavy atom. The van der Waals surface area contributed by atoms with Gasteiger partial charge in [0.05, 0.1) is 39.6 Å². The van der Waals surface area contributed by atoms with Crippen molar-refractivity contribution in [2.75, 3.05) is 39.6 Å². The second-order valence-electron chi connectivity index (χ2n) is 41.6. The standard InChI is InChI=1S/C110H166O10/c1-81(2)39-37-41-83(5)95-61-63-97-93-59-53-87-79-91(65-69-107(87,7)99(93)67-71-109(95,97)9)119-105(111)47-25-17-13-11-15-19-33-75-115-101-43-27-29-45-103(101)117-77-35-23-21-31-73-113-89-55-49-85(50-56-89)86-51-57-90(58-52-86)114-74-32-22-24-36-78-118-104-46-30-28-44-102(104)116-76-34-20-16-12-14-18-26-48-106(112)120-92-66-70-108(8)88(80-92)54-60-94-98-64-62-96(84(6)42-38-40-82(3)4)110(98,10)72-68-100(94)108/h27-30,43-46,49-58,81-84,91-100H,11-26,31-42,47-48,59-80H2,1-10H3/t83-,84-,91?,92?,93+,94+,95-,96-,97+,98+,99+,100+,107+,108+,109-,110-/m1/s1. The molecule has 4 aromatic rings. The van der Waals surface area contributed by atoms with E-state index in [1.54, 1.807) is 11.1 Å². The van der Waals surface area contributed by atoms with Gasteiger partial charge in [-0.1, -0.05) is 244 Å². The van der Waals surface area contributed by atoms with Gasteiger partial charge in [-0.2, -0.15) is 0 Å². The minimum atomic E-state index is 0.0181. The van der Waals surface area contributed by atoms with E-state index in [9.17, 15) is 9.59 Å². The van der Waals surface area contributed by atoms with Gasteiger partial charge in [0.15, 0.2) is 23.0 Å². The average Bonchev–Trinajstić information content (AvgIpc) is 1.28. The van der Waals surface area contributed by atoms with Crippen molar-refractivity contribution in [2.24, 2.45) is 92.7 Å². The zero-order valence-corrected chi connectivity index (χ0v) is 77.3. The molecule has 0 amide bonds. The van der Waals surface area contributed by atoms with E-state index in [1.165, 1.54) is 141 Å². The van der Waals surface area contributed by atoms with Crippen molar-refractivity contribution in [1.82, 2.24) is 0 Å². The third-order valence-electron chi connectivity index (χ3n) is 32.6. The fourth-order valence-corrected chi connectivity index (χ4v) is 25.6. The van der Waals surface area contributed by atoms with Crippen LogP contribution in [0, 0.1) is 92.7 Å². The normalized spacial score (nSPS) is 27.8. The molecule has 16 atom stereocenters. The number of para-hydroxylation sites is 4. The molecule has 666 valence electrons. The molecule has 0 N–H and O–H groups in total. The highest BCUT2D eigenvalue weighted by molar-refractivity contribution is 5.70. The van der Waals surface area contributed by atoms with E-state index in [4.69, 9.17) is 37.9 Å². The highest BCUT2D eigenvalue weighted by Gasteiger charge is 2.61. The van der Waals surface area contributed by atoms with Crippen LogP contribution in [0.1, 0.15) is 365 Å². The highest BCUT2D eigenvalue weighted by Crippen LogP contribution is 2.70. The minimum absolute atomic E-state index is 0.0181. The molecule has 0 radical (unpaired) electrons. The highest BCUT2D eigenvalue weighted by atomic mass is 16.6. The zero-order chi connectivity index (χ0) is 84.2. The van der Waals surface area contributed by atoms with Gasteiger partial charge in [0.2, 0.25) is 0 Å².